The predicted molar refractivity (Wildman–Crippen MR) is 122 cm³/mol. The number of hydrogen-bond acceptors (Lipinski definition) is 7. The summed E-state index contributed by atoms with van der Waals surface area (Å²) in [5, 5.41) is 2.48. The third-order valence-electron chi connectivity index (χ3n) is 4.89. The Hall–Kier alpha value is -3.00. The van der Waals surface area contributed by atoms with Crippen molar-refractivity contribution < 1.29 is 31.2 Å². The lowest BCUT2D eigenvalue weighted by molar-refractivity contribution is -0.114. The molecule has 0 aliphatic carbocycles. The normalized spacial score (nSPS) is 15.1. The number of benzene rings is 2. The predicted octanol–water partition coefficient (Wildman–Crippen LogP) is 0.211. The number of nitrogens with one attached hydrogen (secondary N) is 1. The van der Waals surface area contributed by atoms with Crippen LogP contribution in [-0.2, 0) is 29.6 Å². The van der Waals surface area contributed by atoms with E-state index < -0.39 is 38.4 Å². The molecule has 0 unspecified atom stereocenters. The van der Waals surface area contributed by atoms with Crippen LogP contribution in [0.1, 0.15) is 10.4 Å². The first kappa shape index (κ1) is 24.6. The molecule has 1 saturated heterocycles. The number of nitrogens with zero attached hydrogens (tertiary/aromatic N) is 2. The van der Waals surface area contributed by atoms with Crippen LogP contribution in [-0.4, -0.2) is 72.1 Å². The quantitative estimate of drug-likeness (QED) is 0.529. The minimum atomic E-state index is -3.90. The van der Waals surface area contributed by atoms with E-state index in [4.69, 9.17) is 10.5 Å². The molecule has 0 aromatic heterocycles. The molecule has 13 heteroatoms. The van der Waals surface area contributed by atoms with Gasteiger partial charge in [-0.1, -0.05) is 12.1 Å². The van der Waals surface area contributed by atoms with Crippen molar-refractivity contribution in [3.05, 3.63) is 54.1 Å². The summed E-state index contributed by atoms with van der Waals surface area (Å²) in [6, 6.07) is 11.3. The molecular weight excluding hydrogens is 472 g/mol. The van der Waals surface area contributed by atoms with Crippen LogP contribution < -0.4 is 15.4 Å². The molecule has 2 amide bonds. The van der Waals surface area contributed by atoms with Crippen LogP contribution in [0.2, 0.25) is 0 Å². The summed E-state index contributed by atoms with van der Waals surface area (Å²) in [5.74, 6) is -1.46. The van der Waals surface area contributed by atoms with Gasteiger partial charge >= 0.3 is 0 Å². The number of ether oxygens (including phenoxy) is 1. The number of nitrogens with two attached hydrogens (primary N) is 1. The van der Waals surface area contributed by atoms with Gasteiger partial charge in [0.1, 0.15) is 6.54 Å². The van der Waals surface area contributed by atoms with Crippen molar-refractivity contribution in [3.63, 3.8) is 0 Å². The average molecular weight is 497 g/mol. The highest BCUT2D eigenvalue weighted by atomic mass is 32.2. The van der Waals surface area contributed by atoms with Crippen LogP contribution in [0.25, 0.3) is 0 Å². The van der Waals surface area contributed by atoms with E-state index in [1.54, 1.807) is 12.1 Å². The molecule has 0 radical (unpaired) electrons. The number of morpholine rings is 1. The van der Waals surface area contributed by atoms with Gasteiger partial charge in [-0.3, -0.25) is 13.9 Å². The summed E-state index contributed by atoms with van der Waals surface area (Å²) in [5.41, 5.74) is 5.63. The largest absolute Gasteiger partial charge is 0.379 e. The van der Waals surface area contributed by atoms with Crippen molar-refractivity contribution in [2.75, 3.05) is 48.7 Å². The van der Waals surface area contributed by atoms with Crippen LogP contribution >= 0.6 is 0 Å². The molecule has 33 heavy (non-hydrogen) atoms. The minimum absolute atomic E-state index is 0.00133. The smallest absolute Gasteiger partial charge is 0.250 e. The monoisotopic (exact) mass is 496 g/mol. The molecular formula is C20H24N4O7S2. The summed E-state index contributed by atoms with van der Waals surface area (Å²) in [6.45, 7) is 0.459. The summed E-state index contributed by atoms with van der Waals surface area (Å²) >= 11 is 0. The van der Waals surface area contributed by atoms with Gasteiger partial charge in [0.2, 0.25) is 26.0 Å². The second-order valence-corrected chi connectivity index (χ2v) is 11.1. The SMILES string of the molecule is CS(=O)(=O)N(CC(=O)Nc1ccccc1C(N)=O)c1ccc(S(=O)(=O)N2CCOCC2)cc1. The first-order valence-electron chi connectivity index (χ1n) is 9.84. The van der Waals surface area contributed by atoms with Crippen molar-refractivity contribution in [1.82, 2.24) is 4.31 Å². The zero-order valence-corrected chi connectivity index (χ0v) is 19.4. The number of amides is 2. The molecule has 3 rings (SSSR count). The maximum atomic E-state index is 12.8. The van der Waals surface area contributed by atoms with Crippen molar-refractivity contribution in [3.8, 4) is 0 Å². The van der Waals surface area contributed by atoms with Crippen LogP contribution in [0.3, 0.4) is 0 Å². The van der Waals surface area contributed by atoms with Gasteiger partial charge in [-0.15, -0.1) is 0 Å². The first-order valence-corrected chi connectivity index (χ1v) is 13.1. The summed E-state index contributed by atoms with van der Waals surface area (Å²) in [4.78, 5) is 24.1. The fraction of sp³-hybridized carbons (Fsp3) is 0.300. The maximum absolute atomic E-state index is 12.8. The van der Waals surface area contributed by atoms with E-state index in [0.29, 0.717) is 13.2 Å². The molecule has 1 fully saturated rings. The molecule has 1 aliphatic heterocycles. The van der Waals surface area contributed by atoms with Gasteiger partial charge < -0.3 is 15.8 Å². The summed E-state index contributed by atoms with van der Waals surface area (Å²) in [7, 11) is -7.65. The van der Waals surface area contributed by atoms with E-state index in [-0.39, 0.29) is 34.9 Å². The van der Waals surface area contributed by atoms with Crippen LogP contribution in [0.15, 0.2) is 53.4 Å². The fourth-order valence-electron chi connectivity index (χ4n) is 3.25. The first-order chi connectivity index (χ1) is 15.5. The van der Waals surface area contributed by atoms with E-state index in [2.05, 4.69) is 5.32 Å². The van der Waals surface area contributed by atoms with Crippen LogP contribution in [0.4, 0.5) is 11.4 Å². The standard InChI is InChI=1S/C20H24N4O7S2/c1-32(27,28)24(14-19(25)22-18-5-3-2-4-17(18)20(21)26)15-6-8-16(9-7-15)33(29,30)23-10-12-31-13-11-23/h2-9H,10-14H2,1H3,(H2,21,26)(H,22,25). The van der Waals surface area contributed by atoms with Gasteiger partial charge in [-0.25, -0.2) is 16.8 Å². The van der Waals surface area contributed by atoms with E-state index in [9.17, 15) is 26.4 Å². The van der Waals surface area contributed by atoms with E-state index in [1.807, 2.05) is 0 Å². The van der Waals surface area contributed by atoms with Crippen molar-refractivity contribution in [2.45, 2.75) is 4.90 Å². The zero-order chi connectivity index (χ0) is 24.2. The third-order valence-corrected chi connectivity index (χ3v) is 7.94. The van der Waals surface area contributed by atoms with Crippen LogP contribution in [0, 0.1) is 0 Å². The molecule has 2 aromatic rings. The molecule has 1 heterocycles. The number of hydrogen-bond donors (Lipinski definition) is 2. The molecule has 0 spiro atoms. The Labute approximate surface area is 192 Å². The van der Waals surface area contributed by atoms with E-state index in [1.165, 1.54) is 40.7 Å². The molecule has 1 aliphatic rings. The van der Waals surface area contributed by atoms with Crippen LogP contribution in [0.5, 0.6) is 0 Å². The van der Waals surface area contributed by atoms with Gasteiger partial charge in [-0.2, -0.15) is 4.31 Å². The van der Waals surface area contributed by atoms with Crippen molar-refractivity contribution in [2.24, 2.45) is 5.73 Å². The number of primary amides is 1. The molecule has 178 valence electrons. The summed E-state index contributed by atoms with van der Waals surface area (Å²) < 4.78 is 57.6. The zero-order valence-electron chi connectivity index (χ0n) is 17.8. The number of anilines is 2. The number of para-hydroxylation sites is 1. The van der Waals surface area contributed by atoms with Gasteiger partial charge in [-0.05, 0) is 36.4 Å². The number of carbonyl (C=O) groups excluding carboxylic acids is 2. The molecule has 0 atom stereocenters. The highest BCUT2D eigenvalue weighted by Crippen LogP contribution is 2.23. The second-order valence-electron chi connectivity index (χ2n) is 7.24. The molecule has 0 saturated carbocycles. The summed E-state index contributed by atoms with van der Waals surface area (Å²) in [6.07, 6.45) is 0.927. The van der Waals surface area contributed by atoms with Crippen molar-refractivity contribution in [1.29, 1.82) is 0 Å². The lowest BCUT2D eigenvalue weighted by Crippen LogP contribution is -2.40. The highest BCUT2D eigenvalue weighted by Gasteiger charge is 2.27. The number of carbonyl (C=O) groups is 2. The van der Waals surface area contributed by atoms with Crippen molar-refractivity contribution >= 4 is 43.2 Å². The molecule has 0 bridgehead atoms. The fourth-order valence-corrected chi connectivity index (χ4v) is 5.51. The molecule has 3 N–H and O–H groups in total. The average Bonchev–Trinajstić information content (AvgIpc) is 2.77. The van der Waals surface area contributed by atoms with E-state index in [0.717, 1.165) is 10.6 Å². The van der Waals surface area contributed by atoms with Gasteiger partial charge in [0.05, 0.1) is 41.3 Å². The van der Waals surface area contributed by atoms with Gasteiger partial charge in [0.25, 0.3) is 5.91 Å². The number of rotatable bonds is 8. The lowest BCUT2D eigenvalue weighted by Gasteiger charge is -2.26. The Balaban J connectivity index is 1.81. The molecule has 11 nitrogen and oxygen atoms in total. The number of sulfonamides is 2. The highest BCUT2D eigenvalue weighted by molar-refractivity contribution is 7.92. The topological polar surface area (TPSA) is 156 Å². The minimum Gasteiger partial charge on any atom is -0.379 e. The van der Waals surface area contributed by atoms with Gasteiger partial charge in [0, 0.05) is 13.1 Å². The Morgan fingerprint density at radius 3 is 2.21 bits per heavy atom. The third kappa shape index (κ3) is 5.87. The molecule has 2 aromatic carbocycles. The second kappa shape index (κ2) is 9.87. The van der Waals surface area contributed by atoms with Gasteiger partial charge in [0.15, 0.2) is 0 Å². The lowest BCUT2D eigenvalue weighted by atomic mass is 10.1. The Morgan fingerprint density at radius 1 is 1.03 bits per heavy atom. The Kier molecular flexibility index (Phi) is 7.37. The Morgan fingerprint density at radius 2 is 1.64 bits per heavy atom. The van der Waals surface area contributed by atoms with E-state index >= 15 is 0 Å². The maximum Gasteiger partial charge on any atom is 0.250 e. The Bertz CT molecular complexity index is 1240.